The molecular formula is C29H26NOPS. The molecule has 4 heteroatoms. The molecule has 1 unspecified atom stereocenters. The average Bonchev–Trinajstić information content (AvgIpc) is 2.89. The monoisotopic (exact) mass is 467 g/mol. The predicted octanol–water partition coefficient (Wildman–Crippen LogP) is 6.60. The van der Waals surface area contributed by atoms with Gasteiger partial charge in [-0.2, -0.15) is 0 Å². The standard InChI is InChI=1S/C29H26NOPS/c1-2-31-28(21-32(33,22-13-5-3-6-14-22)23-15-7-4-8-16-23)29-26-19-10-9-17-24(26)25-18-11-12-20-27(25)30-29/h3-20,28H,2,21H2,1H3. The molecule has 0 aliphatic heterocycles. The van der Waals surface area contributed by atoms with Crippen LogP contribution < -0.4 is 10.6 Å². The van der Waals surface area contributed by atoms with E-state index in [4.69, 9.17) is 21.5 Å². The first-order valence-electron chi connectivity index (χ1n) is 11.3. The fourth-order valence-electron chi connectivity index (χ4n) is 4.53. The van der Waals surface area contributed by atoms with Crippen molar-refractivity contribution in [3.8, 4) is 0 Å². The first-order valence-corrected chi connectivity index (χ1v) is 14.3. The normalized spacial score (nSPS) is 12.8. The van der Waals surface area contributed by atoms with Gasteiger partial charge < -0.3 is 4.74 Å². The Bertz CT molecular complexity index is 1390. The number of rotatable bonds is 7. The van der Waals surface area contributed by atoms with Gasteiger partial charge in [0.2, 0.25) is 0 Å². The van der Waals surface area contributed by atoms with E-state index in [1.165, 1.54) is 16.0 Å². The predicted molar refractivity (Wildman–Crippen MR) is 145 cm³/mol. The minimum atomic E-state index is -2.15. The third-order valence-corrected chi connectivity index (χ3v) is 10.9. The van der Waals surface area contributed by atoms with Crippen LogP contribution >= 0.6 is 6.04 Å². The Kier molecular flexibility index (Phi) is 6.37. The molecule has 2 nitrogen and oxygen atoms in total. The van der Waals surface area contributed by atoms with E-state index in [1.54, 1.807) is 0 Å². The quantitative estimate of drug-likeness (QED) is 0.199. The summed E-state index contributed by atoms with van der Waals surface area (Å²) in [6.07, 6.45) is 0.523. The van der Waals surface area contributed by atoms with Crippen LogP contribution in [0.1, 0.15) is 18.7 Å². The van der Waals surface area contributed by atoms with E-state index >= 15 is 0 Å². The first kappa shape index (κ1) is 22.0. The van der Waals surface area contributed by atoms with Crippen molar-refractivity contribution in [2.45, 2.75) is 13.0 Å². The first-order chi connectivity index (χ1) is 16.2. The van der Waals surface area contributed by atoms with Gasteiger partial charge in [-0.15, -0.1) is 0 Å². The molecule has 4 aromatic carbocycles. The van der Waals surface area contributed by atoms with Crippen molar-refractivity contribution < 1.29 is 4.74 Å². The van der Waals surface area contributed by atoms with Crippen LogP contribution in [-0.4, -0.2) is 17.8 Å². The highest BCUT2D eigenvalue weighted by Crippen LogP contribution is 2.48. The van der Waals surface area contributed by atoms with E-state index in [2.05, 4.69) is 91.0 Å². The molecule has 5 aromatic rings. The van der Waals surface area contributed by atoms with Gasteiger partial charge in [-0.3, -0.25) is 0 Å². The molecule has 0 aliphatic rings. The Morgan fingerprint density at radius 1 is 0.697 bits per heavy atom. The van der Waals surface area contributed by atoms with Crippen LogP contribution in [0, 0.1) is 0 Å². The van der Waals surface area contributed by atoms with Crippen LogP contribution in [0.15, 0.2) is 109 Å². The van der Waals surface area contributed by atoms with Crippen LogP contribution in [0.4, 0.5) is 0 Å². The number of hydrogen-bond donors (Lipinski definition) is 0. The van der Waals surface area contributed by atoms with Crippen molar-refractivity contribution in [2.75, 3.05) is 12.8 Å². The van der Waals surface area contributed by atoms with Crippen LogP contribution in [-0.2, 0) is 16.5 Å². The number of hydrogen-bond acceptors (Lipinski definition) is 3. The maximum Gasteiger partial charge on any atom is 0.105 e. The lowest BCUT2D eigenvalue weighted by molar-refractivity contribution is 0.0775. The molecule has 1 heterocycles. The van der Waals surface area contributed by atoms with Gasteiger partial charge in [0, 0.05) is 29.6 Å². The van der Waals surface area contributed by atoms with Gasteiger partial charge in [0.15, 0.2) is 0 Å². The molecule has 0 fully saturated rings. The Morgan fingerprint density at radius 3 is 1.82 bits per heavy atom. The molecule has 0 amide bonds. The highest BCUT2D eigenvalue weighted by atomic mass is 32.4. The number of aromatic nitrogens is 1. The molecule has 33 heavy (non-hydrogen) atoms. The highest BCUT2D eigenvalue weighted by molar-refractivity contribution is 8.21. The number of fused-ring (bicyclic) bond motifs is 3. The summed E-state index contributed by atoms with van der Waals surface area (Å²) in [5, 5.41) is 5.92. The maximum absolute atomic E-state index is 6.55. The number of ether oxygens (including phenoxy) is 1. The smallest absolute Gasteiger partial charge is 0.105 e. The molecule has 1 aromatic heterocycles. The second-order valence-electron chi connectivity index (χ2n) is 8.10. The van der Waals surface area contributed by atoms with Gasteiger partial charge in [0.1, 0.15) is 6.10 Å². The minimum absolute atomic E-state index is 0.198. The third-order valence-electron chi connectivity index (χ3n) is 6.08. The molecule has 0 saturated carbocycles. The van der Waals surface area contributed by atoms with Gasteiger partial charge in [-0.25, -0.2) is 4.98 Å². The van der Waals surface area contributed by atoms with E-state index in [9.17, 15) is 0 Å². The van der Waals surface area contributed by atoms with E-state index in [0.29, 0.717) is 6.61 Å². The van der Waals surface area contributed by atoms with E-state index in [-0.39, 0.29) is 6.10 Å². The summed E-state index contributed by atoms with van der Waals surface area (Å²) in [7, 11) is 0. The molecule has 1 atom stereocenters. The summed E-state index contributed by atoms with van der Waals surface area (Å²) in [6, 6.07) is 35.8. The van der Waals surface area contributed by atoms with Crippen LogP contribution in [0.3, 0.4) is 0 Å². The van der Waals surface area contributed by atoms with Gasteiger partial charge in [0.05, 0.1) is 11.2 Å². The fourth-order valence-corrected chi connectivity index (χ4v) is 8.44. The minimum Gasteiger partial charge on any atom is -0.372 e. The Labute approximate surface area is 200 Å². The highest BCUT2D eigenvalue weighted by Gasteiger charge is 2.29. The molecule has 0 bridgehead atoms. The SMILES string of the molecule is CCOC(CP(=S)(c1ccccc1)c1ccccc1)c1nc2ccccc2c2ccccc12. The van der Waals surface area contributed by atoms with Gasteiger partial charge in [-0.1, -0.05) is 115 Å². The second kappa shape index (κ2) is 9.57. The summed E-state index contributed by atoms with van der Waals surface area (Å²) >= 11 is 6.55. The van der Waals surface area contributed by atoms with Crippen LogP contribution in [0.2, 0.25) is 0 Å². The number of nitrogens with zero attached hydrogens (tertiary/aromatic N) is 1. The van der Waals surface area contributed by atoms with Gasteiger partial charge >= 0.3 is 0 Å². The zero-order valence-electron chi connectivity index (χ0n) is 18.6. The molecule has 5 rings (SSSR count). The van der Waals surface area contributed by atoms with Crippen LogP contribution in [0.5, 0.6) is 0 Å². The summed E-state index contributed by atoms with van der Waals surface area (Å²) in [4.78, 5) is 5.14. The van der Waals surface area contributed by atoms with Crippen molar-refractivity contribution in [3.05, 3.63) is 115 Å². The zero-order valence-corrected chi connectivity index (χ0v) is 20.3. The molecular weight excluding hydrogens is 441 g/mol. The fraction of sp³-hybridized carbons (Fsp3) is 0.138. The second-order valence-corrected chi connectivity index (χ2v) is 12.8. The number of para-hydroxylation sites is 1. The van der Waals surface area contributed by atoms with Gasteiger partial charge in [0.25, 0.3) is 0 Å². The van der Waals surface area contributed by atoms with Crippen molar-refractivity contribution in [1.29, 1.82) is 0 Å². The van der Waals surface area contributed by atoms with Crippen LogP contribution in [0.25, 0.3) is 21.7 Å². The molecule has 0 aliphatic carbocycles. The van der Waals surface area contributed by atoms with Crippen molar-refractivity contribution in [1.82, 2.24) is 4.98 Å². The lowest BCUT2D eigenvalue weighted by atomic mass is 10.0. The Balaban J connectivity index is 1.70. The van der Waals surface area contributed by atoms with Gasteiger partial charge in [-0.05, 0) is 29.0 Å². The summed E-state index contributed by atoms with van der Waals surface area (Å²) in [5.74, 6) is 0. The molecule has 0 spiro atoms. The van der Waals surface area contributed by atoms with E-state index < -0.39 is 6.04 Å². The summed E-state index contributed by atoms with van der Waals surface area (Å²) in [5.41, 5.74) is 1.97. The largest absolute Gasteiger partial charge is 0.372 e. The molecule has 0 radical (unpaired) electrons. The molecule has 0 saturated heterocycles. The molecule has 0 N–H and O–H groups in total. The number of pyridine rings is 1. The van der Waals surface area contributed by atoms with E-state index in [1.807, 2.05) is 25.1 Å². The van der Waals surface area contributed by atoms with Crippen molar-refractivity contribution in [3.63, 3.8) is 0 Å². The van der Waals surface area contributed by atoms with Crippen molar-refractivity contribution in [2.24, 2.45) is 0 Å². The molecule has 164 valence electrons. The Morgan fingerprint density at radius 2 is 1.21 bits per heavy atom. The topological polar surface area (TPSA) is 22.1 Å². The van der Waals surface area contributed by atoms with Crippen molar-refractivity contribution >= 4 is 50.1 Å². The average molecular weight is 468 g/mol. The van der Waals surface area contributed by atoms with E-state index in [0.717, 1.165) is 28.1 Å². The number of benzene rings is 4. The Hall–Kier alpha value is -2.84. The maximum atomic E-state index is 6.55. The lowest BCUT2D eigenvalue weighted by Crippen LogP contribution is -2.23. The lowest BCUT2D eigenvalue weighted by Gasteiger charge is -2.29. The zero-order chi connectivity index (χ0) is 22.7. The third kappa shape index (κ3) is 4.25. The summed E-state index contributed by atoms with van der Waals surface area (Å²) in [6.45, 7) is 2.65. The summed E-state index contributed by atoms with van der Waals surface area (Å²) < 4.78 is 6.42.